The van der Waals surface area contributed by atoms with Crippen LogP contribution in [0.2, 0.25) is 0 Å². The maximum absolute atomic E-state index is 13.0. The number of aliphatic carboxylic acids is 1. The van der Waals surface area contributed by atoms with Gasteiger partial charge in [0.1, 0.15) is 5.75 Å². The summed E-state index contributed by atoms with van der Waals surface area (Å²) in [5.74, 6) is -3.71. The number of ether oxygens (including phenoxy) is 1. The first-order valence-electron chi connectivity index (χ1n) is 12.4. The summed E-state index contributed by atoms with van der Waals surface area (Å²) < 4.78 is 76.0. The number of benzene rings is 3. The van der Waals surface area contributed by atoms with Crippen LogP contribution in [0.1, 0.15) is 31.8 Å². The number of amides is 2. The van der Waals surface area contributed by atoms with Gasteiger partial charge in [-0.2, -0.15) is 31.6 Å². The van der Waals surface area contributed by atoms with Gasteiger partial charge in [-0.1, -0.05) is 18.2 Å². The van der Waals surface area contributed by atoms with E-state index < -0.39 is 35.7 Å². The lowest BCUT2D eigenvalue weighted by molar-refractivity contribution is -0.192. The SMILES string of the molecule is COc1cc(NC(=O)c2cncc(-c3ccc(C#N)cc3)c2)cc(C(=O)Nc2cccc(C(F)(F)F)c2)c1.O=C(O)C(F)(F)F. The van der Waals surface area contributed by atoms with Gasteiger partial charge in [-0.15, -0.1) is 0 Å². The summed E-state index contributed by atoms with van der Waals surface area (Å²) in [6.07, 6.45) is -6.68. The zero-order valence-electron chi connectivity index (χ0n) is 22.8. The molecule has 15 heteroatoms. The molecule has 4 aromatic rings. The normalized spacial score (nSPS) is 10.9. The number of carboxylic acids is 1. The van der Waals surface area contributed by atoms with Gasteiger partial charge in [-0.05, 0) is 54.1 Å². The Morgan fingerprint density at radius 3 is 2.00 bits per heavy atom. The van der Waals surface area contributed by atoms with E-state index in [-0.39, 0.29) is 28.3 Å². The topological polar surface area (TPSA) is 141 Å². The van der Waals surface area contributed by atoms with Crippen molar-refractivity contribution in [2.45, 2.75) is 12.4 Å². The number of nitrogens with one attached hydrogen (secondary N) is 2. The average Bonchev–Trinajstić information content (AvgIpc) is 3.00. The monoisotopic (exact) mass is 630 g/mol. The molecule has 0 atom stereocenters. The van der Waals surface area contributed by atoms with Crippen molar-refractivity contribution < 1.29 is 50.6 Å². The Morgan fingerprint density at radius 2 is 1.42 bits per heavy atom. The van der Waals surface area contributed by atoms with Gasteiger partial charge >= 0.3 is 18.3 Å². The molecule has 0 aliphatic carbocycles. The first-order valence-corrected chi connectivity index (χ1v) is 12.4. The Bertz CT molecular complexity index is 1750. The van der Waals surface area contributed by atoms with E-state index in [0.717, 1.165) is 17.7 Å². The number of carbonyl (C=O) groups is 3. The first-order chi connectivity index (χ1) is 21.1. The van der Waals surface area contributed by atoms with Gasteiger partial charge in [0.05, 0.1) is 29.9 Å². The van der Waals surface area contributed by atoms with E-state index in [4.69, 9.17) is 19.9 Å². The number of methoxy groups -OCH3 is 1. The van der Waals surface area contributed by atoms with Crippen LogP contribution in [0.3, 0.4) is 0 Å². The Labute approximate surface area is 250 Å². The molecule has 0 saturated carbocycles. The highest BCUT2D eigenvalue weighted by Crippen LogP contribution is 2.31. The van der Waals surface area contributed by atoms with E-state index >= 15 is 0 Å². The van der Waals surface area contributed by atoms with Crippen molar-refractivity contribution in [2.75, 3.05) is 17.7 Å². The number of rotatable bonds is 6. The summed E-state index contributed by atoms with van der Waals surface area (Å²) in [6, 6.07) is 19.0. The minimum absolute atomic E-state index is 0.0380. The number of hydrogen-bond acceptors (Lipinski definition) is 6. The lowest BCUT2D eigenvalue weighted by Gasteiger charge is -2.12. The molecule has 45 heavy (non-hydrogen) atoms. The standard InChI is InChI=1S/C28H19F3N4O3.C2HF3O2/c1-38-25-11-19(26(36)34-23-4-2-3-22(12-23)28(29,30)31)10-24(13-25)35-27(37)21-9-20(15-33-16-21)18-7-5-17(14-32)6-8-18;3-2(4,5)1(6)7/h2-13,15-16H,1H3,(H,34,36)(H,35,37);(H,6,7). The van der Waals surface area contributed by atoms with Crippen LogP contribution in [-0.4, -0.2) is 41.2 Å². The van der Waals surface area contributed by atoms with Crippen molar-refractivity contribution in [3.8, 4) is 22.9 Å². The number of alkyl halides is 6. The second-order valence-electron chi connectivity index (χ2n) is 8.89. The molecule has 9 nitrogen and oxygen atoms in total. The van der Waals surface area contributed by atoms with Gasteiger partial charge in [0.15, 0.2) is 0 Å². The quantitative estimate of drug-likeness (QED) is 0.199. The lowest BCUT2D eigenvalue weighted by Crippen LogP contribution is -2.21. The Balaban J connectivity index is 0.000000707. The number of nitriles is 1. The fourth-order valence-electron chi connectivity index (χ4n) is 3.56. The number of pyridine rings is 1. The van der Waals surface area contributed by atoms with Crippen molar-refractivity contribution in [1.29, 1.82) is 5.26 Å². The van der Waals surface area contributed by atoms with Gasteiger partial charge in [0.25, 0.3) is 11.8 Å². The lowest BCUT2D eigenvalue weighted by atomic mass is 10.0. The van der Waals surface area contributed by atoms with Crippen LogP contribution in [0.15, 0.2) is 85.2 Å². The molecule has 0 spiro atoms. The van der Waals surface area contributed by atoms with Gasteiger partial charge in [0.2, 0.25) is 0 Å². The summed E-state index contributed by atoms with van der Waals surface area (Å²) in [5, 5.41) is 21.2. The van der Waals surface area contributed by atoms with E-state index in [9.17, 15) is 35.9 Å². The van der Waals surface area contributed by atoms with Crippen LogP contribution >= 0.6 is 0 Å². The van der Waals surface area contributed by atoms with Crippen molar-refractivity contribution in [3.63, 3.8) is 0 Å². The number of halogens is 6. The molecule has 0 aliphatic heterocycles. The summed E-state index contributed by atoms with van der Waals surface area (Å²) in [7, 11) is 1.38. The highest BCUT2D eigenvalue weighted by molar-refractivity contribution is 6.08. The largest absolute Gasteiger partial charge is 0.497 e. The summed E-state index contributed by atoms with van der Waals surface area (Å²) in [6.45, 7) is 0. The van der Waals surface area contributed by atoms with E-state index in [1.807, 2.05) is 6.07 Å². The first kappa shape index (κ1) is 33.6. The van der Waals surface area contributed by atoms with E-state index in [2.05, 4.69) is 15.6 Å². The molecule has 3 aromatic carbocycles. The fraction of sp³-hybridized carbons (Fsp3) is 0.100. The number of nitrogens with zero attached hydrogens (tertiary/aromatic N) is 2. The summed E-state index contributed by atoms with van der Waals surface area (Å²) in [5.41, 5.74) is 1.52. The van der Waals surface area contributed by atoms with E-state index in [1.165, 1.54) is 43.6 Å². The summed E-state index contributed by atoms with van der Waals surface area (Å²) in [4.78, 5) is 38.8. The molecule has 0 bridgehead atoms. The second-order valence-corrected chi connectivity index (χ2v) is 8.89. The fourth-order valence-corrected chi connectivity index (χ4v) is 3.56. The third-order valence-corrected chi connectivity index (χ3v) is 5.70. The van der Waals surface area contributed by atoms with Crippen LogP contribution in [0.5, 0.6) is 5.75 Å². The zero-order chi connectivity index (χ0) is 33.4. The number of carboxylic acid groups (broad SMARTS) is 1. The number of aromatic nitrogens is 1. The third kappa shape index (κ3) is 9.55. The van der Waals surface area contributed by atoms with E-state index in [1.54, 1.807) is 36.5 Å². The molecular formula is C30H20F6N4O5. The van der Waals surface area contributed by atoms with Crippen LogP contribution in [0, 0.1) is 11.3 Å². The zero-order valence-corrected chi connectivity index (χ0v) is 22.8. The smallest absolute Gasteiger partial charge is 0.490 e. The predicted octanol–water partition coefficient (Wildman–Crippen LogP) is 6.79. The molecule has 0 aliphatic rings. The van der Waals surface area contributed by atoms with Crippen molar-refractivity contribution in [2.24, 2.45) is 0 Å². The summed E-state index contributed by atoms with van der Waals surface area (Å²) >= 11 is 0. The molecule has 0 unspecified atom stereocenters. The molecule has 1 heterocycles. The van der Waals surface area contributed by atoms with Crippen LogP contribution < -0.4 is 15.4 Å². The third-order valence-electron chi connectivity index (χ3n) is 5.70. The Kier molecular flexibility index (Phi) is 10.5. The van der Waals surface area contributed by atoms with Crippen LogP contribution in [-0.2, 0) is 11.0 Å². The highest BCUT2D eigenvalue weighted by atomic mass is 19.4. The molecule has 0 radical (unpaired) electrons. The molecule has 232 valence electrons. The van der Waals surface area contributed by atoms with E-state index in [0.29, 0.717) is 11.1 Å². The predicted molar refractivity (Wildman–Crippen MR) is 148 cm³/mol. The van der Waals surface area contributed by atoms with Gasteiger partial charge in [-0.3, -0.25) is 14.6 Å². The number of anilines is 2. The van der Waals surface area contributed by atoms with Gasteiger partial charge < -0.3 is 20.5 Å². The van der Waals surface area contributed by atoms with Crippen molar-refractivity contribution >= 4 is 29.2 Å². The second kappa shape index (κ2) is 14.0. The van der Waals surface area contributed by atoms with Crippen LogP contribution in [0.4, 0.5) is 37.7 Å². The molecule has 2 amide bonds. The van der Waals surface area contributed by atoms with Crippen molar-refractivity contribution in [3.05, 3.63) is 107 Å². The Morgan fingerprint density at radius 1 is 0.800 bits per heavy atom. The number of hydrogen-bond donors (Lipinski definition) is 3. The maximum atomic E-state index is 13.0. The van der Waals surface area contributed by atoms with Gasteiger partial charge in [-0.25, -0.2) is 4.79 Å². The molecule has 1 aromatic heterocycles. The molecular weight excluding hydrogens is 610 g/mol. The molecule has 0 fully saturated rings. The van der Waals surface area contributed by atoms with Crippen LogP contribution in [0.25, 0.3) is 11.1 Å². The van der Waals surface area contributed by atoms with Crippen molar-refractivity contribution in [1.82, 2.24) is 4.98 Å². The Hall–Kier alpha value is -5.91. The van der Waals surface area contributed by atoms with Gasteiger partial charge in [0, 0.05) is 41.0 Å². The minimum Gasteiger partial charge on any atom is -0.497 e. The highest BCUT2D eigenvalue weighted by Gasteiger charge is 2.38. The molecule has 0 saturated heterocycles. The molecule has 4 rings (SSSR count). The maximum Gasteiger partial charge on any atom is 0.490 e. The number of carbonyl (C=O) groups excluding carboxylic acids is 2. The average molecular weight is 631 g/mol. The molecule has 3 N–H and O–H groups in total. The minimum atomic E-state index is -5.08.